The van der Waals surface area contributed by atoms with Gasteiger partial charge in [0.15, 0.2) is 6.61 Å². The van der Waals surface area contributed by atoms with Crippen molar-refractivity contribution in [1.29, 1.82) is 0 Å². The number of para-hydroxylation sites is 1. The Hall–Kier alpha value is -4.33. The van der Waals surface area contributed by atoms with E-state index in [0.29, 0.717) is 22.2 Å². The molecule has 0 aliphatic carbocycles. The minimum absolute atomic E-state index is 0.0138. The molecule has 0 fully saturated rings. The molecule has 35 heavy (non-hydrogen) atoms. The first kappa shape index (κ1) is 23.8. The molecular formula is C27H22F2N2O4. The Kier molecular flexibility index (Phi) is 7.30. The third-order valence-electron chi connectivity index (χ3n) is 5.32. The number of halogens is 2. The van der Waals surface area contributed by atoms with Crippen molar-refractivity contribution in [2.24, 2.45) is 0 Å². The topological polar surface area (TPSA) is 77.5 Å². The van der Waals surface area contributed by atoms with Crippen LogP contribution in [0.1, 0.15) is 28.9 Å². The predicted octanol–water partition coefficient (Wildman–Crippen LogP) is 5.54. The van der Waals surface area contributed by atoms with Crippen LogP contribution in [0.4, 0.5) is 8.78 Å². The molecule has 0 aliphatic heterocycles. The van der Waals surface area contributed by atoms with Gasteiger partial charge in [0.2, 0.25) is 0 Å². The fraction of sp³-hybridized carbons (Fsp3) is 0.148. The van der Waals surface area contributed by atoms with Gasteiger partial charge in [0.25, 0.3) is 5.91 Å². The molecule has 1 heterocycles. The number of aromatic nitrogens is 1. The van der Waals surface area contributed by atoms with Crippen LogP contribution in [-0.4, -0.2) is 30.1 Å². The zero-order valence-electron chi connectivity index (χ0n) is 18.8. The van der Waals surface area contributed by atoms with Gasteiger partial charge in [0.05, 0.1) is 22.8 Å². The average molecular weight is 476 g/mol. The van der Waals surface area contributed by atoms with Crippen LogP contribution in [0.25, 0.3) is 22.2 Å². The van der Waals surface area contributed by atoms with E-state index in [1.165, 1.54) is 12.1 Å². The van der Waals surface area contributed by atoms with E-state index >= 15 is 0 Å². The van der Waals surface area contributed by atoms with E-state index in [1.807, 2.05) is 37.3 Å². The second-order valence-electron chi connectivity index (χ2n) is 7.75. The molecule has 6 nitrogen and oxygen atoms in total. The average Bonchev–Trinajstić information content (AvgIpc) is 2.87. The molecule has 4 rings (SSSR count). The van der Waals surface area contributed by atoms with Gasteiger partial charge in [0, 0.05) is 10.9 Å². The first-order chi connectivity index (χ1) is 16.9. The summed E-state index contributed by atoms with van der Waals surface area (Å²) in [5.41, 5.74) is 2.76. The number of carbonyl (C=O) groups is 2. The van der Waals surface area contributed by atoms with Gasteiger partial charge in [0.1, 0.15) is 5.75 Å². The van der Waals surface area contributed by atoms with E-state index in [9.17, 15) is 18.4 Å². The minimum Gasteiger partial charge on any atom is -0.452 e. The van der Waals surface area contributed by atoms with Gasteiger partial charge < -0.3 is 14.8 Å². The summed E-state index contributed by atoms with van der Waals surface area (Å²) in [5.74, 6) is -1.09. The Bertz CT molecular complexity index is 1330. The monoisotopic (exact) mass is 476 g/mol. The molecule has 1 amide bonds. The number of alkyl halides is 2. The summed E-state index contributed by atoms with van der Waals surface area (Å²) in [6.45, 7) is -1.52. The molecule has 1 atom stereocenters. The second-order valence-corrected chi connectivity index (χ2v) is 7.75. The number of pyridine rings is 1. The Morgan fingerprint density at radius 1 is 0.943 bits per heavy atom. The van der Waals surface area contributed by atoms with Crippen LogP contribution >= 0.6 is 0 Å². The highest BCUT2D eigenvalue weighted by Gasteiger charge is 2.18. The highest BCUT2D eigenvalue weighted by Crippen LogP contribution is 2.27. The van der Waals surface area contributed by atoms with Gasteiger partial charge in [-0.05, 0) is 48.9 Å². The lowest BCUT2D eigenvalue weighted by atomic mass is 10.0. The van der Waals surface area contributed by atoms with Crippen molar-refractivity contribution in [3.63, 3.8) is 0 Å². The summed E-state index contributed by atoms with van der Waals surface area (Å²) in [7, 11) is 0. The number of benzene rings is 3. The predicted molar refractivity (Wildman–Crippen MR) is 127 cm³/mol. The molecule has 0 spiro atoms. The van der Waals surface area contributed by atoms with E-state index in [0.717, 1.165) is 5.56 Å². The number of fused-ring (bicyclic) bond motifs is 1. The largest absolute Gasteiger partial charge is 0.452 e. The van der Waals surface area contributed by atoms with Crippen LogP contribution < -0.4 is 10.1 Å². The summed E-state index contributed by atoms with van der Waals surface area (Å²) in [6.07, 6.45) is 0. The van der Waals surface area contributed by atoms with Crippen molar-refractivity contribution in [1.82, 2.24) is 10.3 Å². The van der Waals surface area contributed by atoms with Gasteiger partial charge in [-0.1, -0.05) is 48.5 Å². The number of nitrogens with zero attached hydrogens (tertiary/aromatic N) is 1. The summed E-state index contributed by atoms with van der Waals surface area (Å²) < 4.78 is 34.6. The van der Waals surface area contributed by atoms with Crippen molar-refractivity contribution < 1.29 is 27.8 Å². The van der Waals surface area contributed by atoms with E-state index in [2.05, 4.69) is 15.0 Å². The maximum atomic E-state index is 12.9. The van der Waals surface area contributed by atoms with Crippen LogP contribution in [0.2, 0.25) is 0 Å². The van der Waals surface area contributed by atoms with Gasteiger partial charge in [-0.2, -0.15) is 8.78 Å². The van der Waals surface area contributed by atoms with E-state index in [4.69, 9.17) is 4.74 Å². The zero-order valence-corrected chi connectivity index (χ0v) is 18.8. The third kappa shape index (κ3) is 5.97. The van der Waals surface area contributed by atoms with Crippen molar-refractivity contribution in [3.05, 3.63) is 96.1 Å². The Morgan fingerprint density at radius 2 is 1.63 bits per heavy atom. The van der Waals surface area contributed by atoms with E-state index < -0.39 is 25.1 Å². The molecule has 0 unspecified atom stereocenters. The zero-order chi connectivity index (χ0) is 24.8. The number of rotatable bonds is 8. The number of carbonyl (C=O) groups excluding carboxylic acids is 2. The highest BCUT2D eigenvalue weighted by atomic mass is 19.3. The molecule has 0 saturated carbocycles. The summed E-state index contributed by atoms with van der Waals surface area (Å²) >= 11 is 0. The molecule has 0 aliphatic rings. The smallest absolute Gasteiger partial charge is 0.387 e. The van der Waals surface area contributed by atoms with Crippen molar-refractivity contribution in [3.8, 4) is 17.0 Å². The minimum atomic E-state index is -2.92. The molecule has 1 aromatic heterocycles. The molecule has 3 aromatic carbocycles. The number of ether oxygens (including phenoxy) is 2. The molecule has 4 aromatic rings. The second kappa shape index (κ2) is 10.7. The van der Waals surface area contributed by atoms with Gasteiger partial charge in [-0.15, -0.1) is 0 Å². The quantitative estimate of drug-likeness (QED) is 0.338. The van der Waals surface area contributed by atoms with Crippen LogP contribution in [0.5, 0.6) is 5.75 Å². The Labute approximate surface area is 200 Å². The number of esters is 1. The van der Waals surface area contributed by atoms with Crippen molar-refractivity contribution >= 4 is 22.8 Å². The number of nitrogens with one attached hydrogen (secondary N) is 1. The molecule has 0 saturated heterocycles. The van der Waals surface area contributed by atoms with E-state index in [-0.39, 0.29) is 17.4 Å². The molecule has 1 N–H and O–H groups in total. The first-order valence-corrected chi connectivity index (χ1v) is 10.9. The van der Waals surface area contributed by atoms with E-state index in [1.54, 1.807) is 42.5 Å². The summed E-state index contributed by atoms with van der Waals surface area (Å²) in [6, 6.07) is 23.7. The standard InChI is InChI=1S/C27H22F2N2O4/c1-17(18-7-3-2-4-8-18)30-25(32)16-34-26(33)22-15-24(31-23-10-6-5-9-21(22)23)19-11-13-20(14-12-19)35-27(28)29/h2-15,17,27H,16H2,1H3,(H,30,32)/t17-/m0/s1. The molecule has 178 valence electrons. The Balaban J connectivity index is 1.51. The fourth-order valence-electron chi connectivity index (χ4n) is 3.62. The molecule has 0 bridgehead atoms. The summed E-state index contributed by atoms with van der Waals surface area (Å²) in [4.78, 5) is 29.9. The van der Waals surface area contributed by atoms with Crippen molar-refractivity contribution in [2.45, 2.75) is 19.6 Å². The van der Waals surface area contributed by atoms with Crippen LogP contribution in [0.3, 0.4) is 0 Å². The SMILES string of the molecule is C[C@H](NC(=O)COC(=O)c1cc(-c2ccc(OC(F)F)cc2)nc2ccccc12)c1ccccc1. The maximum Gasteiger partial charge on any atom is 0.387 e. The number of hydrogen-bond donors (Lipinski definition) is 1. The maximum absolute atomic E-state index is 12.9. The molecule has 8 heteroatoms. The first-order valence-electron chi connectivity index (χ1n) is 10.9. The fourth-order valence-corrected chi connectivity index (χ4v) is 3.62. The third-order valence-corrected chi connectivity index (χ3v) is 5.32. The van der Waals surface area contributed by atoms with Crippen LogP contribution in [0.15, 0.2) is 84.9 Å². The normalized spacial score (nSPS) is 11.8. The summed E-state index contributed by atoms with van der Waals surface area (Å²) in [5, 5.41) is 3.37. The van der Waals surface area contributed by atoms with Crippen LogP contribution in [0, 0.1) is 0 Å². The number of amides is 1. The number of hydrogen-bond acceptors (Lipinski definition) is 5. The molecular weight excluding hydrogens is 454 g/mol. The lowest BCUT2D eigenvalue weighted by Gasteiger charge is -2.15. The van der Waals surface area contributed by atoms with Crippen LogP contribution in [-0.2, 0) is 9.53 Å². The Morgan fingerprint density at radius 3 is 2.34 bits per heavy atom. The molecule has 0 radical (unpaired) electrons. The van der Waals surface area contributed by atoms with Gasteiger partial charge in [-0.25, -0.2) is 9.78 Å². The van der Waals surface area contributed by atoms with Crippen molar-refractivity contribution in [2.75, 3.05) is 6.61 Å². The highest BCUT2D eigenvalue weighted by molar-refractivity contribution is 6.05. The lowest BCUT2D eigenvalue weighted by molar-refractivity contribution is -0.124. The lowest BCUT2D eigenvalue weighted by Crippen LogP contribution is -2.31. The van der Waals surface area contributed by atoms with Gasteiger partial charge in [-0.3, -0.25) is 4.79 Å². The van der Waals surface area contributed by atoms with Gasteiger partial charge >= 0.3 is 12.6 Å².